The number of urea groups is 1. The average molecular weight is 457 g/mol. The van der Waals surface area contributed by atoms with Crippen molar-refractivity contribution in [2.24, 2.45) is 0 Å². The Balaban J connectivity index is 1.58. The fourth-order valence-corrected chi connectivity index (χ4v) is 3.82. The van der Waals surface area contributed by atoms with Crippen LogP contribution in [0.2, 0.25) is 5.02 Å². The molecule has 1 N–H and O–H groups in total. The second-order valence-corrected chi connectivity index (χ2v) is 7.61. The highest BCUT2D eigenvalue weighted by atomic mass is 35.5. The van der Waals surface area contributed by atoms with Gasteiger partial charge in [-0.1, -0.05) is 35.8 Å². The molecule has 0 radical (unpaired) electrons. The number of carbonyl (C=O) groups is 2. The number of methoxy groups -OCH3 is 2. The van der Waals surface area contributed by atoms with Crippen LogP contribution in [0.15, 0.2) is 47.0 Å². The maximum atomic E-state index is 13.3. The number of benzene rings is 2. The number of ether oxygens (including phenoxy) is 2. The summed E-state index contributed by atoms with van der Waals surface area (Å²) in [6.07, 6.45) is 0.371. The van der Waals surface area contributed by atoms with Crippen LogP contribution >= 0.6 is 11.6 Å². The van der Waals surface area contributed by atoms with E-state index in [2.05, 4.69) is 15.5 Å². The van der Waals surface area contributed by atoms with E-state index >= 15 is 0 Å². The fraction of sp³-hybridized carbons (Fsp3) is 0.273. The molecule has 1 aromatic heterocycles. The van der Waals surface area contributed by atoms with Gasteiger partial charge in [0.15, 0.2) is 11.5 Å². The van der Waals surface area contributed by atoms with E-state index in [9.17, 15) is 9.59 Å². The average Bonchev–Trinajstić information content (AvgIpc) is 3.38. The van der Waals surface area contributed by atoms with E-state index in [0.717, 1.165) is 4.90 Å². The smallest absolute Gasteiger partial charge is 0.325 e. The number of aromatic nitrogens is 2. The molecule has 166 valence electrons. The molecule has 9 nitrogen and oxygen atoms in total. The van der Waals surface area contributed by atoms with Gasteiger partial charge in [-0.05, 0) is 42.3 Å². The molecular weight excluding hydrogens is 436 g/mol. The minimum atomic E-state index is -1.17. The van der Waals surface area contributed by atoms with Crippen LogP contribution in [0, 0.1) is 0 Å². The molecule has 1 saturated heterocycles. The highest BCUT2D eigenvalue weighted by molar-refractivity contribution is 6.30. The Hall–Kier alpha value is -3.59. The van der Waals surface area contributed by atoms with Crippen molar-refractivity contribution in [3.63, 3.8) is 0 Å². The quantitative estimate of drug-likeness (QED) is 0.539. The first-order valence-electron chi connectivity index (χ1n) is 9.87. The first kappa shape index (κ1) is 21.6. The van der Waals surface area contributed by atoms with Crippen LogP contribution in [0.3, 0.4) is 0 Å². The van der Waals surface area contributed by atoms with Crippen molar-refractivity contribution < 1.29 is 23.6 Å². The zero-order valence-corrected chi connectivity index (χ0v) is 18.5. The Kier molecular flexibility index (Phi) is 5.75. The lowest BCUT2D eigenvalue weighted by Gasteiger charge is -2.25. The van der Waals surface area contributed by atoms with Crippen LogP contribution < -0.4 is 14.8 Å². The second-order valence-electron chi connectivity index (χ2n) is 7.17. The van der Waals surface area contributed by atoms with Crippen molar-refractivity contribution >= 4 is 23.5 Å². The van der Waals surface area contributed by atoms with Crippen LogP contribution in [0.1, 0.15) is 24.8 Å². The third-order valence-electron chi connectivity index (χ3n) is 5.45. The Morgan fingerprint density at radius 2 is 1.81 bits per heavy atom. The minimum Gasteiger partial charge on any atom is -0.493 e. The van der Waals surface area contributed by atoms with Crippen LogP contribution in [0.4, 0.5) is 4.79 Å². The molecule has 2 heterocycles. The van der Waals surface area contributed by atoms with Crippen molar-refractivity contribution in [1.82, 2.24) is 20.4 Å². The maximum Gasteiger partial charge on any atom is 0.325 e. The Labute approximate surface area is 189 Å². The van der Waals surface area contributed by atoms with Gasteiger partial charge < -0.3 is 19.3 Å². The molecule has 3 amide bonds. The minimum absolute atomic E-state index is 0.126. The fourth-order valence-electron chi connectivity index (χ4n) is 3.69. The van der Waals surface area contributed by atoms with E-state index in [1.807, 2.05) is 6.92 Å². The summed E-state index contributed by atoms with van der Waals surface area (Å²) in [5.74, 6) is 1.12. The van der Waals surface area contributed by atoms with Gasteiger partial charge in [-0.15, -0.1) is 0 Å². The third kappa shape index (κ3) is 3.64. The second kappa shape index (κ2) is 8.51. The molecule has 0 spiro atoms. The summed E-state index contributed by atoms with van der Waals surface area (Å²) in [4.78, 5) is 31.4. The molecule has 0 aliphatic carbocycles. The van der Waals surface area contributed by atoms with Crippen molar-refractivity contribution in [2.45, 2.75) is 25.4 Å². The first-order chi connectivity index (χ1) is 15.4. The van der Waals surface area contributed by atoms with Gasteiger partial charge in [-0.25, -0.2) is 4.79 Å². The molecule has 1 fully saturated rings. The number of nitrogens with one attached hydrogen (secondary N) is 1. The lowest BCUT2D eigenvalue weighted by Crippen LogP contribution is -2.43. The lowest BCUT2D eigenvalue weighted by molar-refractivity contribution is -0.132. The van der Waals surface area contributed by atoms with Gasteiger partial charge in [0.25, 0.3) is 5.91 Å². The van der Waals surface area contributed by atoms with Gasteiger partial charge in [0.2, 0.25) is 11.7 Å². The number of carbonyl (C=O) groups excluding carboxylic acids is 2. The van der Waals surface area contributed by atoms with Crippen LogP contribution in [-0.4, -0.2) is 41.2 Å². The lowest BCUT2D eigenvalue weighted by atomic mass is 9.87. The molecule has 32 heavy (non-hydrogen) atoms. The predicted molar refractivity (Wildman–Crippen MR) is 115 cm³/mol. The van der Waals surface area contributed by atoms with Gasteiger partial charge in [0.05, 0.1) is 14.2 Å². The highest BCUT2D eigenvalue weighted by Gasteiger charge is 2.51. The van der Waals surface area contributed by atoms with Crippen LogP contribution in [0.5, 0.6) is 11.5 Å². The molecule has 0 bridgehead atoms. The standard InChI is InChI=1S/C22H21ClN4O5/c1-4-22(14-6-8-15(23)9-7-14)20(28)27(21(29)25-22)12-18-24-19(26-32-18)13-5-10-16(30-2)17(11-13)31-3/h5-11H,4,12H2,1-3H3,(H,25,29)/t22-/m0/s1. The number of hydrogen-bond donors (Lipinski definition) is 1. The molecule has 2 aromatic carbocycles. The summed E-state index contributed by atoms with van der Waals surface area (Å²) in [6, 6.07) is 11.5. The van der Waals surface area contributed by atoms with E-state index in [0.29, 0.717) is 39.9 Å². The predicted octanol–water partition coefficient (Wildman–Crippen LogP) is 3.76. The molecule has 1 aliphatic heterocycles. The van der Waals surface area contributed by atoms with E-state index in [1.165, 1.54) is 7.11 Å². The topological polar surface area (TPSA) is 107 Å². The number of amides is 3. The highest BCUT2D eigenvalue weighted by Crippen LogP contribution is 2.34. The number of nitrogens with zero attached hydrogens (tertiary/aromatic N) is 3. The van der Waals surface area contributed by atoms with Gasteiger partial charge in [-0.3, -0.25) is 9.69 Å². The van der Waals surface area contributed by atoms with Gasteiger partial charge in [0, 0.05) is 10.6 Å². The molecule has 0 saturated carbocycles. The summed E-state index contributed by atoms with van der Waals surface area (Å²) < 4.78 is 15.8. The van der Waals surface area contributed by atoms with E-state index < -0.39 is 17.5 Å². The zero-order valence-electron chi connectivity index (χ0n) is 17.7. The molecule has 1 atom stereocenters. The molecule has 3 aromatic rings. The van der Waals surface area contributed by atoms with Crippen molar-refractivity contribution in [3.8, 4) is 22.9 Å². The summed E-state index contributed by atoms with van der Waals surface area (Å²) in [7, 11) is 3.07. The summed E-state index contributed by atoms with van der Waals surface area (Å²) >= 11 is 5.97. The summed E-state index contributed by atoms with van der Waals surface area (Å²) in [5.41, 5.74) is 0.120. The van der Waals surface area contributed by atoms with Crippen molar-refractivity contribution in [1.29, 1.82) is 0 Å². The molecule has 10 heteroatoms. The SMILES string of the molecule is CC[C@@]1(c2ccc(Cl)cc2)NC(=O)N(Cc2nc(-c3ccc(OC)c(OC)c3)no2)C1=O. The molecule has 0 unspecified atom stereocenters. The first-order valence-corrected chi connectivity index (χ1v) is 10.2. The third-order valence-corrected chi connectivity index (χ3v) is 5.70. The molecule has 1 aliphatic rings. The monoisotopic (exact) mass is 456 g/mol. The zero-order chi connectivity index (χ0) is 22.9. The van der Waals surface area contributed by atoms with E-state index in [-0.39, 0.29) is 12.4 Å². The summed E-state index contributed by atoms with van der Waals surface area (Å²) in [5, 5.41) is 7.32. The van der Waals surface area contributed by atoms with Gasteiger partial charge in [-0.2, -0.15) is 4.98 Å². The Morgan fingerprint density at radius 3 is 2.47 bits per heavy atom. The Morgan fingerprint density at radius 1 is 1.09 bits per heavy atom. The number of rotatable bonds is 7. The normalized spacial score (nSPS) is 18.1. The number of hydrogen-bond acceptors (Lipinski definition) is 7. The largest absolute Gasteiger partial charge is 0.493 e. The van der Waals surface area contributed by atoms with Crippen molar-refractivity contribution in [3.05, 3.63) is 58.9 Å². The number of imide groups is 1. The molecule has 4 rings (SSSR count). The van der Waals surface area contributed by atoms with E-state index in [4.69, 9.17) is 25.6 Å². The van der Waals surface area contributed by atoms with Crippen molar-refractivity contribution in [2.75, 3.05) is 14.2 Å². The molecular formula is C22H21ClN4O5. The van der Waals surface area contributed by atoms with Crippen LogP contribution in [0.25, 0.3) is 11.4 Å². The van der Waals surface area contributed by atoms with Gasteiger partial charge in [0.1, 0.15) is 12.1 Å². The summed E-state index contributed by atoms with van der Waals surface area (Å²) in [6.45, 7) is 1.68. The number of halogens is 1. The van der Waals surface area contributed by atoms with E-state index in [1.54, 1.807) is 49.6 Å². The Bertz CT molecular complexity index is 1160. The maximum absolute atomic E-state index is 13.3. The van der Waals surface area contributed by atoms with Crippen LogP contribution in [-0.2, 0) is 16.9 Å². The van der Waals surface area contributed by atoms with Gasteiger partial charge >= 0.3 is 6.03 Å².